The first-order valence-electron chi connectivity index (χ1n) is 12.0. The Bertz CT molecular complexity index is 1170. The molecule has 34 heavy (non-hydrogen) atoms. The molecule has 0 amide bonds. The summed E-state index contributed by atoms with van der Waals surface area (Å²) in [4.78, 5) is 11.1. The van der Waals surface area contributed by atoms with Crippen molar-refractivity contribution in [3.05, 3.63) is 65.0 Å². The predicted octanol–water partition coefficient (Wildman–Crippen LogP) is 5.30. The SMILES string of the molecule is COc1ccc(CN2Cc3c(OC)cc(Nc4ncnc(N)c4C)cc3C23CCCCC3)cc1. The number of ether oxygens (including phenoxy) is 2. The van der Waals surface area contributed by atoms with Gasteiger partial charge in [0.25, 0.3) is 0 Å². The van der Waals surface area contributed by atoms with E-state index in [9.17, 15) is 0 Å². The fraction of sp³-hybridized carbons (Fsp3) is 0.407. The van der Waals surface area contributed by atoms with Gasteiger partial charge in [-0.3, -0.25) is 4.90 Å². The van der Waals surface area contributed by atoms with Crippen molar-refractivity contribution in [2.75, 3.05) is 25.3 Å². The Kier molecular flexibility index (Phi) is 6.04. The fourth-order valence-corrected chi connectivity index (χ4v) is 5.60. The molecule has 5 rings (SSSR count). The molecule has 3 aromatic rings. The number of fused-ring (bicyclic) bond motifs is 2. The Morgan fingerprint density at radius 3 is 2.50 bits per heavy atom. The topological polar surface area (TPSA) is 85.5 Å². The highest BCUT2D eigenvalue weighted by Gasteiger charge is 2.46. The largest absolute Gasteiger partial charge is 0.497 e. The molecule has 1 saturated carbocycles. The highest BCUT2D eigenvalue weighted by Crippen LogP contribution is 2.52. The van der Waals surface area contributed by atoms with Gasteiger partial charge >= 0.3 is 0 Å². The van der Waals surface area contributed by atoms with E-state index in [-0.39, 0.29) is 5.54 Å². The lowest BCUT2D eigenvalue weighted by molar-refractivity contribution is 0.0537. The maximum atomic E-state index is 6.01. The summed E-state index contributed by atoms with van der Waals surface area (Å²) in [5, 5.41) is 3.47. The van der Waals surface area contributed by atoms with Crippen molar-refractivity contribution < 1.29 is 9.47 Å². The fourth-order valence-electron chi connectivity index (χ4n) is 5.60. The normalized spacial score (nSPS) is 16.9. The molecule has 1 fully saturated rings. The van der Waals surface area contributed by atoms with Gasteiger partial charge in [0.15, 0.2) is 0 Å². The predicted molar refractivity (Wildman–Crippen MR) is 134 cm³/mol. The van der Waals surface area contributed by atoms with Crippen LogP contribution in [0.25, 0.3) is 0 Å². The van der Waals surface area contributed by atoms with Crippen molar-refractivity contribution in [1.29, 1.82) is 0 Å². The number of rotatable bonds is 6. The molecule has 0 saturated heterocycles. The summed E-state index contributed by atoms with van der Waals surface area (Å²) < 4.78 is 11.3. The highest BCUT2D eigenvalue weighted by molar-refractivity contribution is 5.67. The molecule has 7 heteroatoms. The van der Waals surface area contributed by atoms with Crippen LogP contribution in [0.2, 0.25) is 0 Å². The second-order valence-electron chi connectivity index (χ2n) is 9.36. The monoisotopic (exact) mass is 459 g/mol. The van der Waals surface area contributed by atoms with Crippen molar-refractivity contribution in [3.8, 4) is 11.5 Å². The first kappa shape index (κ1) is 22.5. The molecule has 178 valence electrons. The zero-order chi connectivity index (χ0) is 23.7. The first-order chi connectivity index (χ1) is 16.5. The van der Waals surface area contributed by atoms with Crippen LogP contribution in [0, 0.1) is 6.92 Å². The van der Waals surface area contributed by atoms with Crippen LogP contribution in [-0.2, 0) is 18.6 Å². The second kappa shape index (κ2) is 9.14. The van der Waals surface area contributed by atoms with E-state index in [4.69, 9.17) is 15.2 Å². The minimum Gasteiger partial charge on any atom is -0.497 e. The average Bonchev–Trinajstić information content (AvgIpc) is 3.14. The van der Waals surface area contributed by atoms with Gasteiger partial charge in [0.1, 0.15) is 29.5 Å². The zero-order valence-electron chi connectivity index (χ0n) is 20.2. The Balaban J connectivity index is 1.53. The molecule has 2 aliphatic rings. The summed E-state index contributed by atoms with van der Waals surface area (Å²) in [6.45, 7) is 3.71. The number of methoxy groups -OCH3 is 2. The van der Waals surface area contributed by atoms with Gasteiger partial charge in [-0.1, -0.05) is 31.4 Å². The van der Waals surface area contributed by atoms with Gasteiger partial charge in [-0.2, -0.15) is 0 Å². The molecular formula is C27H33N5O2. The van der Waals surface area contributed by atoms with Gasteiger partial charge in [-0.25, -0.2) is 9.97 Å². The number of benzene rings is 2. The molecule has 1 aliphatic heterocycles. The van der Waals surface area contributed by atoms with Crippen LogP contribution in [0.5, 0.6) is 11.5 Å². The van der Waals surface area contributed by atoms with Crippen molar-refractivity contribution in [3.63, 3.8) is 0 Å². The molecule has 0 bridgehead atoms. The molecule has 7 nitrogen and oxygen atoms in total. The molecule has 1 aliphatic carbocycles. The third-order valence-corrected chi connectivity index (χ3v) is 7.48. The summed E-state index contributed by atoms with van der Waals surface area (Å²) in [5.41, 5.74) is 11.8. The standard InChI is InChI=1S/C27H33N5O2/c1-18-25(28)29-17-30-26(18)31-20-13-23-22(24(14-20)34-3)16-32(27(23)11-5-4-6-12-27)15-19-7-9-21(33-2)10-8-19/h7-10,13-14,17H,4-6,11-12,15-16H2,1-3H3,(H3,28,29,30,31). The van der Waals surface area contributed by atoms with E-state index in [1.54, 1.807) is 14.2 Å². The molecule has 1 aromatic heterocycles. The van der Waals surface area contributed by atoms with E-state index in [1.165, 1.54) is 42.3 Å². The van der Waals surface area contributed by atoms with E-state index in [2.05, 4.69) is 44.5 Å². The smallest absolute Gasteiger partial charge is 0.138 e. The molecule has 0 radical (unpaired) electrons. The molecule has 0 atom stereocenters. The minimum atomic E-state index is 0.0121. The number of aromatic nitrogens is 2. The van der Waals surface area contributed by atoms with Gasteiger partial charge < -0.3 is 20.5 Å². The van der Waals surface area contributed by atoms with E-state index in [0.29, 0.717) is 5.82 Å². The van der Waals surface area contributed by atoms with Crippen LogP contribution in [0.4, 0.5) is 17.3 Å². The summed E-state index contributed by atoms with van der Waals surface area (Å²) in [6, 6.07) is 12.8. The maximum absolute atomic E-state index is 6.01. The van der Waals surface area contributed by atoms with E-state index in [0.717, 1.165) is 54.5 Å². The average molecular weight is 460 g/mol. The van der Waals surface area contributed by atoms with Crippen LogP contribution in [0.15, 0.2) is 42.7 Å². The third-order valence-electron chi connectivity index (χ3n) is 7.48. The zero-order valence-corrected chi connectivity index (χ0v) is 20.2. The molecule has 3 N–H and O–H groups in total. The number of nitrogen functional groups attached to an aromatic ring is 1. The molecule has 2 aromatic carbocycles. The number of hydrogen-bond donors (Lipinski definition) is 2. The highest BCUT2D eigenvalue weighted by atomic mass is 16.5. The number of nitrogens with two attached hydrogens (primary N) is 1. The van der Waals surface area contributed by atoms with Crippen LogP contribution < -0.4 is 20.5 Å². The summed E-state index contributed by atoms with van der Waals surface area (Å²) >= 11 is 0. The summed E-state index contributed by atoms with van der Waals surface area (Å²) in [6.07, 6.45) is 7.57. The Morgan fingerprint density at radius 2 is 1.79 bits per heavy atom. The Morgan fingerprint density at radius 1 is 1.03 bits per heavy atom. The molecule has 2 heterocycles. The Labute approximate surface area is 201 Å². The van der Waals surface area contributed by atoms with Gasteiger partial charge in [-0.05, 0) is 49.1 Å². The van der Waals surface area contributed by atoms with Gasteiger partial charge in [0, 0.05) is 41.5 Å². The lowest BCUT2D eigenvalue weighted by Gasteiger charge is -2.42. The van der Waals surface area contributed by atoms with E-state index >= 15 is 0 Å². The van der Waals surface area contributed by atoms with E-state index in [1.807, 2.05) is 19.1 Å². The summed E-state index contributed by atoms with van der Waals surface area (Å²) in [5.74, 6) is 3.01. The first-order valence-corrected chi connectivity index (χ1v) is 12.0. The number of hydrogen-bond acceptors (Lipinski definition) is 7. The van der Waals surface area contributed by atoms with Crippen LogP contribution in [0.1, 0.15) is 54.4 Å². The van der Waals surface area contributed by atoms with E-state index < -0.39 is 0 Å². The lowest BCUT2D eigenvalue weighted by Crippen LogP contribution is -2.42. The summed E-state index contributed by atoms with van der Waals surface area (Å²) in [7, 11) is 3.46. The lowest BCUT2D eigenvalue weighted by atomic mass is 9.76. The van der Waals surface area contributed by atoms with Crippen LogP contribution >= 0.6 is 0 Å². The quantitative estimate of drug-likeness (QED) is 0.517. The van der Waals surface area contributed by atoms with Crippen molar-refractivity contribution in [1.82, 2.24) is 14.9 Å². The van der Waals surface area contributed by atoms with Crippen LogP contribution in [0.3, 0.4) is 0 Å². The Hall–Kier alpha value is -3.32. The van der Waals surface area contributed by atoms with Crippen LogP contribution in [-0.4, -0.2) is 29.1 Å². The third kappa shape index (κ3) is 3.94. The van der Waals surface area contributed by atoms with Gasteiger partial charge in [0.05, 0.1) is 14.2 Å². The van der Waals surface area contributed by atoms with Crippen molar-refractivity contribution >= 4 is 17.3 Å². The second-order valence-corrected chi connectivity index (χ2v) is 9.36. The molecule has 1 spiro atoms. The van der Waals surface area contributed by atoms with Crippen molar-refractivity contribution in [2.24, 2.45) is 0 Å². The molecule has 0 unspecified atom stereocenters. The number of nitrogens with zero attached hydrogens (tertiary/aromatic N) is 3. The van der Waals surface area contributed by atoms with Crippen molar-refractivity contribution in [2.45, 2.75) is 57.7 Å². The van der Waals surface area contributed by atoms with Gasteiger partial charge in [0.2, 0.25) is 0 Å². The number of nitrogens with one attached hydrogen (secondary N) is 1. The number of anilines is 3. The minimum absolute atomic E-state index is 0.0121. The van der Waals surface area contributed by atoms with Gasteiger partial charge in [-0.15, -0.1) is 0 Å². The maximum Gasteiger partial charge on any atom is 0.138 e. The molecular weight excluding hydrogens is 426 g/mol.